The summed E-state index contributed by atoms with van der Waals surface area (Å²) < 4.78 is 0. The predicted molar refractivity (Wildman–Crippen MR) is 94.6 cm³/mol. The first-order valence-corrected chi connectivity index (χ1v) is 8.00. The summed E-state index contributed by atoms with van der Waals surface area (Å²) in [6.07, 6.45) is 0. The normalized spacial score (nSPS) is 18.0. The van der Waals surface area contributed by atoms with Crippen LogP contribution < -0.4 is 21.5 Å². The third kappa shape index (κ3) is 2.72. The first-order valence-electron chi connectivity index (χ1n) is 8.00. The van der Waals surface area contributed by atoms with E-state index in [0.29, 0.717) is 10.9 Å². The second-order valence-electron chi connectivity index (χ2n) is 6.00. The summed E-state index contributed by atoms with van der Waals surface area (Å²) >= 11 is 0. The zero-order chi connectivity index (χ0) is 16.5. The maximum Gasteiger partial charge on any atom is 0.326 e. The molecule has 0 amide bonds. The van der Waals surface area contributed by atoms with E-state index in [4.69, 9.17) is 0 Å². The molecule has 6 nitrogen and oxygen atoms in total. The molecule has 1 aliphatic heterocycles. The van der Waals surface area contributed by atoms with E-state index in [1.165, 1.54) is 5.56 Å². The number of piperazine rings is 1. The second kappa shape index (κ2) is 5.98. The fraction of sp³-hybridized carbons (Fsp3) is 0.222. The lowest BCUT2D eigenvalue weighted by Crippen LogP contribution is -2.45. The Hall–Kier alpha value is -2.86. The number of benzene rings is 2. The van der Waals surface area contributed by atoms with Crippen molar-refractivity contribution in [3.05, 3.63) is 74.9 Å². The Labute approximate surface area is 138 Å². The van der Waals surface area contributed by atoms with Crippen molar-refractivity contribution in [3.8, 4) is 0 Å². The zero-order valence-electron chi connectivity index (χ0n) is 13.1. The molecular weight excluding hydrogens is 304 g/mol. The van der Waals surface area contributed by atoms with Gasteiger partial charge in [0.15, 0.2) is 0 Å². The molecule has 4 rings (SSSR count). The van der Waals surface area contributed by atoms with Crippen LogP contribution in [0.15, 0.2) is 58.1 Å². The molecule has 3 aromatic rings. The Morgan fingerprint density at radius 1 is 1.00 bits per heavy atom. The quantitative estimate of drug-likeness (QED) is 0.665. The lowest BCUT2D eigenvalue weighted by molar-refractivity contribution is 0.472. The Morgan fingerprint density at radius 3 is 2.67 bits per heavy atom. The van der Waals surface area contributed by atoms with Gasteiger partial charge in [0, 0.05) is 31.4 Å². The van der Waals surface area contributed by atoms with Gasteiger partial charge in [-0.15, -0.1) is 0 Å². The number of H-pyrrole nitrogens is 2. The van der Waals surface area contributed by atoms with Crippen LogP contribution in [0, 0.1) is 0 Å². The summed E-state index contributed by atoms with van der Waals surface area (Å²) in [6.45, 7) is 2.59. The Balaban J connectivity index is 1.67. The Morgan fingerprint density at radius 2 is 1.83 bits per heavy atom. The molecule has 0 radical (unpaired) electrons. The van der Waals surface area contributed by atoms with E-state index < -0.39 is 5.69 Å². The summed E-state index contributed by atoms with van der Waals surface area (Å²) in [5, 5.41) is 4.03. The summed E-state index contributed by atoms with van der Waals surface area (Å²) in [5.74, 6) is 0. The van der Waals surface area contributed by atoms with Crippen LogP contribution in [-0.4, -0.2) is 29.6 Å². The van der Waals surface area contributed by atoms with Crippen molar-refractivity contribution in [3.63, 3.8) is 0 Å². The smallest absolute Gasteiger partial charge is 0.326 e. The molecule has 122 valence electrons. The van der Waals surface area contributed by atoms with Crippen LogP contribution in [0.3, 0.4) is 0 Å². The molecule has 2 aromatic carbocycles. The third-order valence-corrected chi connectivity index (χ3v) is 4.47. The van der Waals surface area contributed by atoms with Crippen molar-refractivity contribution in [2.45, 2.75) is 6.04 Å². The summed E-state index contributed by atoms with van der Waals surface area (Å²) in [4.78, 5) is 30.5. The van der Waals surface area contributed by atoms with E-state index in [1.54, 1.807) is 6.07 Å². The van der Waals surface area contributed by atoms with Gasteiger partial charge < -0.3 is 15.2 Å². The molecule has 0 saturated carbocycles. The molecule has 3 N–H and O–H groups in total. The van der Waals surface area contributed by atoms with Crippen LogP contribution >= 0.6 is 0 Å². The van der Waals surface area contributed by atoms with E-state index in [0.717, 1.165) is 25.3 Å². The number of hydrogen-bond acceptors (Lipinski definition) is 4. The van der Waals surface area contributed by atoms with Crippen LogP contribution in [0.5, 0.6) is 0 Å². The second-order valence-corrected chi connectivity index (χ2v) is 6.00. The predicted octanol–water partition coefficient (Wildman–Crippen LogP) is 1.37. The third-order valence-electron chi connectivity index (χ3n) is 4.47. The van der Waals surface area contributed by atoms with Gasteiger partial charge in [-0.05, 0) is 23.8 Å². The number of nitrogens with one attached hydrogen (secondary N) is 3. The Kier molecular flexibility index (Phi) is 3.66. The van der Waals surface area contributed by atoms with Crippen LogP contribution in [0.2, 0.25) is 0 Å². The maximum atomic E-state index is 11.8. The number of aromatic amines is 2. The highest BCUT2D eigenvalue weighted by Gasteiger charge is 2.21. The van der Waals surface area contributed by atoms with Crippen molar-refractivity contribution >= 4 is 16.6 Å². The van der Waals surface area contributed by atoms with Gasteiger partial charge >= 0.3 is 5.69 Å². The van der Waals surface area contributed by atoms with E-state index in [1.807, 2.05) is 30.3 Å². The summed E-state index contributed by atoms with van der Waals surface area (Å²) in [5.41, 5.74) is 1.99. The zero-order valence-corrected chi connectivity index (χ0v) is 13.1. The van der Waals surface area contributed by atoms with Crippen molar-refractivity contribution < 1.29 is 0 Å². The molecular formula is C18H18N4O2. The fourth-order valence-electron chi connectivity index (χ4n) is 3.25. The first kappa shape index (κ1) is 14.7. The lowest BCUT2D eigenvalue weighted by atomic mass is 10.0. The minimum absolute atomic E-state index is 0.258. The molecule has 1 aliphatic rings. The van der Waals surface area contributed by atoms with Crippen LogP contribution in [-0.2, 0) is 0 Å². The van der Waals surface area contributed by atoms with Gasteiger partial charge in [0.25, 0.3) is 5.56 Å². The van der Waals surface area contributed by atoms with Crippen LogP contribution in [0.4, 0.5) is 5.69 Å². The Bertz CT molecular complexity index is 977. The lowest BCUT2D eigenvalue weighted by Gasteiger charge is -2.35. The van der Waals surface area contributed by atoms with Gasteiger partial charge in [0.05, 0.1) is 10.9 Å². The van der Waals surface area contributed by atoms with Crippen molar-refractivity contribution in [1.82, 2.24) is 15.3 Å². The highest BCUT2D eigenvalue weighted by Crippen LogP contribution is 2.24. The molecule has 0 spiro atoms. The minimum Gasteiger partial charge on any atom is -0.368 e. The van der Waals surface area contributed by atoms with Crippen molar-refractivity contribution in [1.29, 1.82) is 0 Å². The highest BCUT2D eigenvalue weighted by molar-refractivity contribution is 5.81. The minimum atomic E-state index is -0.480. The summed E-state index contributed by atoms with van der Waals surface area (Å²) in [6, 6.07) is 16.2. The van der Waals surface area contributed by atoms with Gasteiger partial charge in [0.1, 0.15) is 0 Å². The molecule has 2 heterocycles. The number of fused-ring (bicyclic) bond motifs is 1. The van der Waals surface area contributed by atoms with Gasteiger partial charge in [-0.2, -0.15) is 0 Å². The molecule has 1 atom stereocenters. The molecule has 1 fully saturated rings. The van der Waals surface area contributed by atoms with E-state index in [2.05, 4.69) is 32.3 Å². The van der Waals surface area contributed by atoms with Gasteiger partial charge in [-0.1, -0.05) is 30.3 Å². The summed E-state index contributed by atoms with van der Waals surface area (Å²) in [7, 11) is 0. The average molecular weight is 322 g/mol. The topological polar surface area (TPSA) is 81.0 Å². The highest BCUT2D eigenvalue weighted by atomic mass is 16.2. The standard InChI is InChI=1S/C18H18N4O2/c23-17-14-7-6-13(10-15(14)20-18(24)21-17)22-9-8-19-16(11-22)12-4-2-1-3-5-12/h1-7,10,16,19H,8-9,11H2,(H2,20,21,23,24). The fourth-order valence-corrected chi connectivity index (χ4v) is 3.25. The molecule has 6 heteroatoms. The molecule has 1 unspecified atom stereocenters. The molecule has 1 saturated heterocycles. The van der Waals surface area contributed by atoms with Crippen molar-refractivity contribution in [2.24, 2.45) is 0 Å². The number of rotatable bonds is 2. The maximum absolute atomic E-state index is 11.8. The molecule has 0 aliphatic carbocycles. The molecule has 24 heavy (non-hydrogen) atoms. The van der Waals surface area contributed by atoms with Gasteiger partial charge in [-0.25, -0.2) is 4.79 Å². The number of hydrogen-bond donors (Lipinski definition) is 3. The molecule has 1 aromatic heterocycles. The number of anilines is 1. The monoisotopic (exact) mass is 322 g/mol. The van der Waals surface area contributed by atoms with Crippen molar-refractivity contribution in [2.75, 3.05) is 24.5 Å². The van der Waals surface area contributed by atoms with E-state index >= 15 is 0 Å². The number of aromatic nitrogens is 2. The van der Waals surface area contributed by atoms with E-state index in [9.17, 15) is 9.59 Å². The first-order chi connectivity index (χ1) is 11.7. The largest absolute Gasteiger partial charge is 0.368 e. The van der Waals surface area contributed by atoms with Gasteiger partial charge in [-0.3, -0.25) is 9.78 Å². The number of nitrogens with zero attached hydrogens (tertiary/aromatic N) is 1. The van der Waals surface area contributed by atoms with E-state index in [-0.39, 0.29) is 11.6 Å². The molecule has 0 bridgehead atoms. The average Bonchev–Trinajstić information content (AvgIpc) is 2.62. The van der Waals surface area contributed by atoms with Gasteiger partial charge in [0.2, 0.25) is 0 Å². The van der Waals surface area contributed by atoms with Crippen LogP contribution in [0.1, 0.15) is 11.6 Å². The van der Waals surface area contributed by atoms with Crippen LogP contribution in [0.25, 0.3) is 10.9 Å². The SMILES string of the molecule is O=c1[nH]c(=O)c2ccc(N3CCNC(c4ccccc4)C3)cc2[nH]1.